The van der Waals surface area contributed by atoms with E-state index >= 15 is 0 Å². The van der Waals surface area contributed by atoms with E-state index in [2.05, 4.69) is 17.2 Å². The van der Waals surface area contributed by atoms with Gasteiger partial charge in [-0.3, -0.25) is 4.79 Å². The summed E-state index contributed by atoms with van der Waals surface area (Å²) < 4.78 is 13.8. The standard InChI is InChI=1S/C34H55N5O3/c1-4-6-7-8-9-10-11-12-13-14-15-16-17-23-30(40)36-24-18-19-25-42-28-22-20-21-27-31(28)33-32(34(35)37-27)38-29(39(33)3)26-41-5-2/h20-22H,4-19,23-26H2,1-3H3,(H2,35,37)(H,36,40). The lowest BCUT2D eigenvalue weighted by atomic mass is 10.0. The van der Waals surface area contributed by atoms with Gasteiger partial charge in [0, 0.05) is 26.6 Å². The second-order valence-electron chi connectivity index (χ2n) is 11.5. The van der Waals surface area contributed by atoms with Crippen LogP contribution in [0.1, 0.15) is 122 Å². The number of ether oxygens (including phenoxy) is 2. The molecule has 1 amide bonds. The number of unbranched alkanes of at least 4 members (excludes halogenated alkanes) is 13. The van der Waals surface area contributed by atoms with Crippen molar-refractivity contribution in [2.24, 2.45) is 7.05 Å². The minimum absolute atomic E-state index is 0.165. The number of fused-ring (bicyclic) bond motifs is 3. The van der Waals surface area contributed by atoms with Crippen molar-refractivity contribution >= 4 is 33.7 Å². The molecule has 2 heterocycles. The van der Waals surface area contributed by atoms with Crippen LogP contribution in [-0.4, -0.2) is 40.2 Å². The Balaban J connectivity index is 1.29. The number of rotatable bonds is 23. The molecule has 0 aliphatic carbocycles. The van der Waals surface area contributed by atoms with Gasteiger partial charge in [0.05, 0.1) is 23.0 Å². The van der Waals surface area contributed by atoms with Crippen LogP contribution >= 0.6 is 0 Å². The van der Waals surface area contributed by atoms with Gasteiger partial charge in [0.2, 0.25) is 5.91 Å². The highest BCUT2D eigenvalue weighted by Gasteiger charge is 2.18. The van der Waals surface area contributed by atoms with Crippen LogP contribution < -0.4 is 15.8 Å². The fraction of sp³-hybridized carbons (Fsp3) is 0.676. The molecule has 3 aromatic rings. The fourth-order valence-electron chi connectivity index (χ4n) is 5.51. The Morgan fingerprint density at radius 2 is 1.55 bits per heavy atom. The minimum atomic E-state index is 0.165. The number of amides is 1. The van der Waals surface area contributed by atoms with Crippen LogP contribution in [0.15, 0.2) is 18.2 Å². The second kappa shape index (κ2) is 19.3. The quantitative estimate of drug-likeness (QED) is 0.110. The van der Waals surface area contributed by atoms with Crippen LogP contribution in [0, 0.1) is 0 Å². The Morgan fingerprint density at radius 1 is 0.881 bits per heavy atom. The first-order valence-corrected chi connectivity index (χ1v) is 16.6. The predicted octanol–water partition coefficient (Wildman–Crippen LogP) is 8.00. The number of imidazole rings is 1. The lowest BCUT2D eigenvalue weighted by Gasteiger charge is -2.12. The number of benzene rings is 1. The zero-order chi connectivity index (χ0) is 30.0. The number of carbonyl (C=O) groups excluding carboxylic acids is 1. The number of hydrogen-bond donors (Lipinski definition) is 2. The maximum atomic E-state index is 12.2. The van der Waals surface area contributed by atoms with Crippen molar-refractivity contribution in [1.82, 2.24) is 19.9 Å². The molecule has 2 aromatic heterocycles. The predicted molar refractivity (Wildman–Crippen MR) is 174 cm³/mol. The van der Waals surface area contributed by atoms with Gasteiger partial charge in [-0.25, -0.2) is 9.97 Å². The Hall–Kier alpha value is -2.87. The third-order valence-electron chi connectivity index (χ3n) is 8.01. The molecule has 0 aliphatic rings. The molecule has 0 spiro atoms. The van der Waals surface area contributed by atoms with Crippen molar-refractivity contribution in [1.29, 1.82) is 0 Å². The van der Waals surface area contributed by atoms with Crippen molar-refractivity contribution in [2.45, 2.75) is 123 Å². The van der Waals surface area contributed by atoms with Crippen LogP contribution in [0.4, 0.5) is 5.82 Å². The molecular weight excluding hydrogens is 526 g/mol. The Morgan fingerprint density at radius 3 is 2.21 bits per heavy atom. The van der Waals surface area contributed by atoms with Crippen LogP contribution in [-0.2, 0) is 23.2 Å². The second-order valence-corrected chi connectivity index (χ2v) is 11.5. The fourth-order valence-corrected chi connectivity index (χ4v) is 5.51. The lowest BCUT2D eigenvalue weighted by Crippen LogP contribution is -2.24. The molecular formula is C34H55N5O3. The molecule has 42 heavy (non-hydrogen) atoms. The van der Waals surface area contributed by atoms with Gasteiger partial charge in [-0.15, -0.1) is 0 Å². The van der Waals surface area contributed by atoms with Crippen LogP contribution in [0.3, 0.4) is 0 Å². The van der Waals surface area contributed by atoms with E-state index < -0.39 is 0 Å². The highest BCUT2D eigenvalue weighted by atomic mass is 16.5. The largest absolute Gasteiger partial charge is 0.493 e. The Kier molecular flexibility index (Phi) is 15.5. The third kappa shape index (κ3) is 10.8. The maximum absolute atomic E-state index is 12.2. The van der Waals surface area contributed by atoms with Gasteiger partial charge < -0.3 is 25.1 Å². The van der Waals surface area contributed by atoms with E-state index in [1.807, 2.05) is 36.7 Å². The van der Waals surface area contributed by atoms with Gasteiger partial charge in [0.15, 0.2) is 5.82 Å². The topological polar surface area (TPSA) is 104 Å². The number of nitrogens with two attached hydrogens (primary N) is 1. The average Bonchev–Trinajstić information content (AvgIpc) is 3.32. The number of aryl methyl sites for hydroxylation is 1. The molecule has 0 saturated heterocycles. The summed E-state index contributed by atoms with van der Waals surface area (Å²) >= 11 is 0. The monoisotopic (exact) mass is 581 g/mol. The van der Waals surface area contributed by atoms with Crippen LogP contribution in [0.2, 0.25) is 0 Å². The molecule has 3 N–H and O–H groups in total. The van der Waals surface area contributed by atoms with E-state index in [1.54, 1.807) is 0 Å². The summed E-state index contributed by atoms with van der Waals surface area (Å²) in [6, 6.07) is 5.84. The molecule has 0 bridgehead atoms. The zero-order valence-corrected chi connectivity index (χ0v) is 26.5. The van der Waals surface area contributed by atoms with Crippen molar-refractivity contribution in [2.75, 3.05) is 25.5 Å². The average molecular weight is 582 g/mol. The summed E-state index contributed by atoms with van der Waals surface area (Å²) in [6.45, 7) is 6.51. The SMILES string of the molecule is CCCCCCCCCCCCCCCC(=O)NCCCCOc1cccc2nc(N)c3nc(COCC)n(C)c3c12. The molecule has 8 heteroatoms. The van der Waals surface area contributed by atoms with Crippen molar-refractivity contribution in [3.8, 4) is 5.75 Å². The van der Waals surface area contributed by atoms with E-state index in [0.29, 0.717) is 44.1 Å². The molecule has 3 rings (SSSR count). The summed E-state index contributed by atoms with van der Waals surface area (Å²) in [7, 11) is 1.97. The van der Waals surface area contributed by atoms with Crippen molar-refractivity contribution < 1.29 is 14.3 Å². The third-order valence-corrected chi connectivity index (χ3v) is 8.01. The first-order chi connectivity index (χ1) is 20.6. The molecule has 0 unspecified atom stereocenters. The number of nitrogens with one attached hydrogen (secondary N) is 1. The number of aromatic nitrogens is 3. The van der Waals surface area contributed by atoms with Crippen LogP contribution in [0.5, 0.6) is 5.75 Å². The molecule has 0 radical (unpaired) electrons. The lowest BCUT2D eigenvalue weighted by molar-refractivity contribution is -0.121. The summed E-state index contributed by atoms with van der Waals surface area (Å²) in [5.41, 5.74) is 8.60. The molecule has 1 aromatic carbocycles. The molecule has 234 valence electrons. The van der Waals surface area contributed by atoms with Gasteiger partial charge in [-0.05, 0) is 38.3 Å². The summed E-state index contributed by atoms with van der Waals surface area (Å²) in [5, 5.41) is 3.98. The number of anilines is 1. The van der Waals surface area contributed by atoms with Crippen molar-refractivity contribution in [3.63, 3.8) is 0 Å². The highest BCUT2D eigenvalue weighted by molar-refractivity contribution is 6.09. The first kappa shape index (κ1) is 33.6. The molecule has 0 saturated carbocycles. The zero-order valence-electron chi connectivity index (χ0n) is 26.5. The number of nitrogen functional groups attached to an aromatic ring is 1. The van der Waals surface area contributed by atoms with E-state index in [-0.39, 0.29) is 5.91 Å². The number of pyridine rings is 1. The molecule has 8 nitrogen and oxygen atoms in total. The molecule has 0 aliphatic heterocycles. The van der Waals surface area contributed by atoms with Gasteiger partial charge >= 0.3 is 0 Å². The van der Waals surface area contributed by atoms with E-state index in [1.165, 1.54) is 70.6 Å². The highest BCUT2D eigenvalue weighted by Crippen LogP contribution is 2.34. The number of carbonyl (C=O) groups is 1. The Labute approximate surface area is 253 Å². The summed E-state index contributed by atoms with van der Waals surface area (Å²) in [4.78, 5) is 21.5. The van der Waals surface area contributed by atoms with E-state index in [9.17, 15) is 4.79 Å². The smallest absolute Gasteiger partial charge is 0.219 e. The normalized spacial score (nSPS) is 11.5. The van der Waals surface area contributed by atoms with Gasteiger partial charge in [0.25, 0.3) is 0 Å². The molecule has 0 atom stereocenters. The van der Waals surface area contributed by atoms with E-state index in [0.717, 1.165) is 53.7 Å². The van der Waals surface area contributed by atoms with Gasteiger partial charge in [0.1, 0.15) is 23.7 Å². The number of hydrogen-bond acceptors (Lipinski definition) is 6. The summed E-state index contributed by atoms with van der Waals surface area (Å²) in [6.07, 6.45) is 19.5. The number of nitrogens with zero attached hydrogens (tertiary/aromatic N) is 3. The van der Waals surface area contributed by atoms with Gasteiger partial charge in [-0.2, -0.15) is 0 Å². The Bertz CT molecular complexity index is 1210. The first-order valence-electron chi connectivity index (χ1n) is 16.6. The van der Waals surface area contributed by atoms with Crippen molar-refractivity contribution in [3.05, 3.63) is 24.0 Å². The molecule has 0 fully saturated rings. The summed E-state index contributed by atoms with van der Waals surface area (Å²) in [5.74, 6) is 2.14. The van der Waals surface area contributed by atoms with Crippen LogP contribution in [0.25, 0.3) is 21.9 Å². The minimum Gasteiger partial charge on any atom is -0.493 e. The van der Waals surface area contributed by atoms with Gasteiger partial charge in [-0.1, -0.05) is 90.0 Å². The van der Waals surface area contributed by atoms with E-state index in [4.69, 9.17) is 20.2 Å². The maximum Gasteiger partial charge on any atom is 0.219 e.